The highest BCUT2D eigenvalue weighted by atomic mass is 19.1. The van der Waals surface area contributed by atoms with Gasteiger partial charge < -0.3 is 10.6 Å². The first-order chi connectivity index (χ1) is 7.61. The molecule has 16 heavy (non-hydrogen) atoms. The predicted octanol–water partition coefficient (Wildman–Crippen LogP) is 1.86. The molecule has 1 fully saturated rings. The Labute approximate surface area is 94.3 Å². The standard InChI is InChI=1S/C12H14FN3/c1-12(2-3-15-8-12)16-11-5-9(7-14)4-10(13)6-11/h4-6,15-16H,2-3,8H2,1H3. The number of hydrogen-bond donors (Lipinski definition) is 2. The van der Waals surface area contributed by atoms with Crippen molar-refractivity contribution in [2.75, 3.05) is 18.4 Å². The van der Waals surface area contributed by atoms with Crippen LogP contribution in [0, 0.1) is 17.1 Å². The van der Waals surface area contributed by atoms with Crippen molar-refractivity contribution in [3.63, 3.8) is 0 Å². The number of benzene rings is 1. The maximum absolute atomic E-state index is 13.2. The Balaban J connectivity index is 2.21. The third kappa shape index (κ3) is 2.31. The minimum Gasteiger partial charge on any atom is -0.378 e. The van der Waals surface area contributed by atoms with Crippen LogP contribution in [0.25, 0.3) is 0 Å². The summed E-state index contributed by atoms with van der Waals surface area (Å²) in [6.07, 6.45) is 0.991. The zero-order valence-corrected chi connectivity index (χ0v) is 9.18. The fourth-order valence-electron chi connectivity index (χ4n) is 2.00. The maximum Gasteiger partial charge on any atom is 0.126 e. The second-order valence-corrected chi connectivity index (χ2v) is 4.45. The number of hydrogen-bond acceptors (Lipinski definition) is 3. The third-order valence-corrected chi connectivity index (χ3v) is 2.84. The molecule has 84 valence electrons. The third-order valence-electron chi connectivity index (χ3n) is 2.84. The molecule has 3 nitrogen and oxygen atoms in total. The number of rotatable bonds is 2. The molecular formula is C12H14FN3. The van der Waals surface area contributed by atoms with Gasteiger partial charge in [-0.25, -0.2) is 4.39 Å². The van der Waals surface area contributed by atoms with Crippen LogP contribution < -0.4 is 10.6 Å². The van der Waals surface area contributed by atoms with Gasteiger partial charge in [-0.05, 0) is 38.1 Å². The van der Waals surface area contributed by atoms with E-state index in [1.165, 1.54) is 12.1 Å². The van der Waals surface area contributed by atoms with Crippen molar-refractivity contribution in [3.8, 4) is 6.07 Å². The lowest BCUT2D eigenvalue weighted by Crippen LogP contribution is -2.36. The van der Waals surface area contributed by atoms with Crippen LogP contribution in [0.15, 0.2) is 18.2 Å². The Hall–Kier alpha value is -1.60. The molecule has 0 aromatic heterocycles. The smallest absolute Gasteiger partial charge is 0.126 e. The van der Waals surface area contributed by atoms with Gasteiger partial charge in [-0.2, -0.15) is 5.26 Å². The summed E-state index contributed by atoms with van der Waals surface area (Å²) >= 11 is 0. The molecule has 1 atom stereocenters. The molecule has 1 unspecified atom stereocenters. The Morgan fingerprint density at radius 3 is 2.94 bits per heavy atom. The van der Waals surface area contributed by atoms with E-state index in [0.29, 0.717) is 11.3 Å². The number of anilines is 1. The van der Waals surface area contributed by atoms with Crippen LogP contribution in [-0.4, -0.2) is 18.6 Å². The molecule has 0 aliphatic carbocycles. The molecule has 0 amide bonds. The molecule has 1 saturated heterocycles. The first-order valence-electron chi connectivity index (χ1n) is 5.31. The van der Waals surface area contributed by atoms with Gasteiger partial charge in [-0.3, -0.25) is 0 Å². The summed E-state index contributed by atoms with van der Waals surface area (Å²) in [7, 11) is 0. The van der Waals surface area contributed by atoms with Crippen molar-refractivity contribution in [2.45, 2.75) is 18.9 Å². The number of nitriles is 1. The van der Waals surface area contributed by atoms with Crippen LogP contribution in [0.4, 0.5) is 10.1 Å². The fraction of sp³-hybridized carbons (Fsp3) is 0.417. The summed E-state index contributed by atoms with van der Waals surface area (Å²) in [5, 5.41) is 15.3. The average molecular weight is 219 g/mol. The highest BCUT2D eigenvalue weighted by Crippen LogP contribution is 2.22. The first kappa shape index (κ1) is 10.9. The molecular weight excluding hydrogens is 205 g/mol. The molecule has 0 bridgehead atoms. The number of halogens is 1. The quantitative estimate of drug-likeness (QED) is 0.798. The minimum atomic E-state index is -0.379. The van der Waals surface area contributed by atoms with Gasteiger partial charge in [0.25, 0.3) is 0 Å². The summed E-state index contributed by atoms with van der Waals surface area (Å²) in [5.74, 6) is -0.379. The SMILES string of the molecule is CC1(Nc2cc(F)cc(C#N)c2)CCNC1. The van der Waals surface area contributed by atoms with Crippen LogP contribution in [0.3, 0.4) is 0 Å². The molecule has 1 aromatic rings. The van der Waals surface area contributed by atoms with Gasteiger partial charge in [-0.1, -0.05) is 0 Å². The highest BCUT2D eigenvalue weighted by Gasteiger charge is 2.28. The van der Waals surface area contributed by atoms with Crippen LogP contribution in [0.2, 0.25) is 0 Å². The zero-order valence-electron chi connectivity index (χ0n) is 9.18. The molecule has 2 N–H and O–H groups in total. The van der Waals surface area contributed by atoms with Crippen LogP contribution in [0.1, 0.15) is 18.9 Å². The summed E-state index contributed by atoms with van der Waals surface area (Å²) in [6.45, 7) is 3.90. The van der Waals surface area contributed by atoms with Crippen molar-refractivity contribution >= 4 is 5.69 Å². The number of nitrogens with zero attached hydrogens (tertiary/aromatic N) is 1. The van der Waals surface area contributed by atoms with E-state index in [1.54, 1.807) is 6.07 Å². The van der Waals surface area contributed by atoms with Gasteiger partial charge in [0.1, 0.15) is 5.82 Å². The predicted molar refractivity (Wildman–Crippen MR) is 60.6 cm³/mol. The highest BCUT2D eigenvalue weighted by molar-refractivity contribution is 5.51. The molecule has 1 aliphatic rings. The average Bonchev–Trinajstić information content (AvgIpc) is 2.63. The van der Waals surface area contributed by atoms with E-state index < -0.39 is 0 Å². The molecule has 0 saturated carbocycles. The van der Waals surface area contributed by atoms with Crippen molar-refractivity contribution in [1.82, 2.24) is 5.32 Å². The summed E-state index contributed by atoms with van der Waals surface area (Å²) in [4.78, 5) is 0. The van der Waals surface area contributed by atoms with Gasteiger partial charge in [0.2, 0.25) is 0 Å². The fourth-order valence-corrected chi connectivity index (χ4v) is 2.00. The second kappa shape index (κ2) is 4.11. The number of nitrogens with one attached hydrogen (secondary N) is 2. The molecule has 4 heteroatoms. The molecule has 2 rings (SSSR count). The van der Waals surface area contributed by atoms with Gasteiger partial charge in [0.05, 0.1) is 11.6 Å². The molecule has 0 spiro atoms. The molecule has 1 heterocycles. The largest absolute Gasteiger partial charge is 0.378 e. The van der Waals surface area contributed by atoms with Gasteiger partial charge in [0.15, 0.2) is 0 Å². The Morgan fingerprint density at radius 2 is 2.31 bits per heavy atom. The van der Waals surface area contributed by atoms with Gasteiger partial charge in [-0.15, -0.1) is 0 Å². The van der Waals surface area contributed by atoms with Crippen LogP contribution in [0.5, 0.6) is 0 Å². The van der Waals surface area contributed by atoms with E-state index in [-0.39, 0.29) is 11.4 Å². The van der Waals surface area contributed by atoms with Gasteiger partial charge >= 0.3 is 0 Å². The van der Waals surface area contributed by atoms with Gasteiger partial charge in [0, 0.05) is 17.8 Å². The van der Waals surface area contributed by atoms with E-state index in [2.05, 4.69) is 17.6 Å². The van der Waals surface area contributed by atoms with Crippen molar-refractivity contribution < 1.29 is 4.39 Å². The molecule has 0 radical (unpaired) electrons. The minimum absolute atomic E-state index is 0.0550. The zero-order chi connectivity index (χ0) is 11.6. The van der Waals surface area contributed by atoms with E-state index >= 15 is 0 Å². The lowest BCUT2D eigenvalue weighted by atomic mass is 10.0. The van der Waals surface area contributed by atoms with Crippen molar-refractivity contribution in [1.29, 1.82) is 5.26 Å². The maximum atomic E-state index is 13.2. The topological polar surface area (TPSA) is 47.9 Å². The van der Waals surface area contributed by atoms with E-state index in [4.69, 9.17) is 5.26 Å². The van der Waals surface area contributed by atoms with Crippen molar-refractivity contribution in [2.24, 2.45) is 0 Å². The summed E-state index contributed by atoms with van der Waals surface area (Å²) in [6, 6.07) is 6.28. The van der Waals surface area contributed by atoms with Crippen molar-refractivity contribution in [3.05, 3.63) is 29.6 Å². The molecule has 1 aliphatic heterocycles. The molecule has 1 aromatic carbocycles. The van der Waals surface area contributed by atoms with Crippen LogP contribution >= 0.6 is 0 Å². The summed E-state index contributed by atoms with van der Waals surface area (Å²) in [5.41, 5.74) is 0.959. The van der Waals surface area contributed by atoms with Crippen LogP contribution in [-0.2, 0) is 0 Å². The lowest BCUT2D eigenvalue weighted by Gasteiger charge is -2.26. The Bertz CT molecular complexity index is 430. The van der Waals surface area contributed by atoms with E-state index in [9.17, 15) is 4.39 Å². The Morgan fingerprint density at radius 1 is 1.50 bits per heavy atom. The monoisotopic (exact) mass is 219 g/mol. The van der Waals surface area contributed by atoms with E-state index in [0.717, 1.165) is 19.5 Å². The normalized spacial score (nSPS) is 24.1. The Kier molecular flexibility index (Phi) is 2.80. The first-order valence-corrected chi connectivity index (χ1v) is 5.31. The second-order valence-electron chi connectivity index (χ2n) is 4.45. The lowest BCUT2D eigenvalue weighted by molar-refractivity contribution is 0.565. The summed E-state index contributed by atoms with van der Waals surface area (Å²) < 4.78 is 13.2. The van der Waals surface area contributed by atoms with E-state index in [1.807, 2.05) is 6.07 Å².